The number of fused-ring (bicyclic) bond motifs is 1. The Kier molecular flexibility index (Phi) is 8.02. The molecule has 0 unspecified atom stereocenters. The highest BCUT2D eigenvalue weighted by Gasteiger charge is 2.33. The fraction of sp³-hybridized carbons (Fsp3) is 0.226. The van der Waals surface area contributed by atoms with Gasteiger partial charge in [0.25, 0.3) is 5.56 Å². The van der Waals surface area contributed by atoms with Gasteiger partial charge in [-0.15, -0.1) is 0 Å². The Labute approximate surface area is 239 Å². The Morgan fingerprint density at radius 2 is 1.73 bits per heavy atom. The van der Waals surface area contributed by atoms with E-state index in [9.17, 15) is 14.4 Å². The maximum absolute atomic E-state index is 13.8. The number of rotatable bonds is 8. The van der Waals surface area contributed by atoms with Crippen molar-refractivity contribution in [3.05, 3.63) is 109 Å². The lowest BCUT2D eigenvalue weighted by Crippen LogP contribution is -2.39. The number of furan rings is 1. The number of thiazole rings is 1. The number of ether oxygens (including phenoxy) is 3. The van der Waals surface area contributed by atoms with E-state index in [1.807, 2.05) is 31.2 Å². The zero-order valence-electron chi connectivity index (χ0n) is 23.0. The summed E-state index contributed by atoms with van der Waals surface area (Å²) < 4.78 is 23.6. The second kappa shape index (κ2) is 11.8. The van der Waals surface area contributed by atoms with Crippen molar-refractivity contribution in [3.63, 3.8) is 0 Å². The molecule has 0 saturated heterocycles. The summed E-state index contributed by atoms with van der Waals surface area (Å²) >= 11 is 1.22. The maximum Gasteiger partial charge on any atom is 0.338 e. The van der Waals surface area contributed by atoms with Crippen LogP contribution in [0.5, 0.6) is 5.75 Å². The highest BCUT2D eigenvalue weighted by Crippen LogP contribution is 2.31. The van der Waals surface area contributed by atoms with Crippen LogP contribution in [0, 0.1) is 0 Å². The first-order chi connectivity index (χ1) is 19.8. The van der Waals surface area contributed by atoms with Gasteiger partial charge in [0, 0.05) is 11.6 Å². The van der Waals surface area contributed by atoms with E-state index in [4.69, 9.17) is 18.6 Å². The average Bonchev–Trinajstić information content (AvgIpc) is 3.57. The summed E-state index contributed by atoms with van der Waals surface area (Å²) in [6, 6.07) is 17.0. The highest BCUT2D eigenvalue weighted by atomic mass is 32.1. The van der Waals surface area contributed by atoms with Crippen LogP contribution >= 0.6 is 11.3 Å². The first kappa shape index (κ1) is 27.9. The average molecular weight is 573 g/mol. The Hall–Kier alpha value is -4.70. The summed E-state index contributed by atoms with van der Waals surface area (Å²) in [7, 11) is 1.33. The van der Waals surface area contributed by atoms with Crippen LogP contribution in [0.25, 0.3) is 17.4 Å². The monoisotopic (exact) mass is 572 g/mol. The van der Waals surface area contributed by atoms with Crippen molar-refractivity contribution in [2.75, 3.05) is 20.3 Å². The van der Waals surface area contributed by atoms with Gasteiger partial charge in [-0.3, -0.25) is 9.36 Å². The smallest absolute Gasteiger partial charge is 0.338 e. The Morgan fingerprint density at radius 3 is 2.39 bits per heavy atom. The first-order valence-electron chi connectivity index (χ1n) is 13.1. The molecule has 0 saturated carbocycles. The molecular formula is C31H28N2O7S. The molecule has 0 bridgehead atoms. The minimum atomic E-state index is -0.719. The molecule has 210 valence electrons. The third-order valence-electron chi connectivity index (χ3n) is 6.51. The van der Waals surface area contributed by atoms with E-state index in [1.165, 1.54) is 23.0 Å². The number of nitrogens with zero attached hydrogens (tertiary/aromatic N) is 2. The first-order valence-corrected chi connectivity index (χ1v) is 13.9. The molecule has 0 amide bonds. The van der Waals surface area contributed by atoms with E-state index in [1.54, 1.807) is 56.3 Å². The molecule has 1 aliphatic heterocycles. The van der Waals surface area contributed by atoms with Crippen LogP contribution in [0.3, 0.4) is 0 Å². The third-order valence-corrected chi connectivity index (χ3v) is 7.50. The molecule has 2 aromatic carbocycles. The molecule has 0 spiro atoms. The third kappa shape index (κ3) is 5.51. The molecule has 0 aliphatic carbocycles. The van der Waals surface area contributed by atoms with Gasteiger partial charge in [0.15, 0.2) is 4.80 Å². The quantitative estimate of drug-likeness (QED) is 0.291. The lowest BCUT2D eigenvalue weighted by molar-refractivity contribution is -0.139. The van der Waals surface area contributed by atoms with Gasteiger partial charge in [-0.1, -0.05) is 35.6 Å². The van der Waals surface area contributed by atoms with E-state index in [-0.39, 0.29) is 12.2 Å². The summed E-state index contributed by atoms with van der Waals surface area (Å²) in [5.74, 6) is 0.803. The summed E-state index contributed by atoms with van der Waals surface area (Å²) in [5, 5.41) is 0. The van der Waals surface area contributed by atoms with Gasteiger partial charge in [-0.2, -0.15) is 0 Å². The van der Waals surface area contributed by atoms with Gasteiger partial charge in [0.05, 0.1) is 47.7 Å². The van der Waals surface area contributed by atoms with Crippen LogP contribution in [-0.4, -0.2) is 36.8 Å². The SMILES string of the molecule is CCOC(=O)C1=C(C)N=c2s/c(=C\c3ccc(-c4ccc(C(=O)OC)cc4)o3)c(=O)n2[C@@H]1c1ccc(OCC)cc1. The number of carbonyl (C=O) groups is 2. The minimum Gasteiger partial charge on any atom is -0.494 e. The molecule has 2 aromatic heterocycles. The topological polar surface area (TPSA) is 109 Å². The van der Waals surface area contributed by atoms with Crippen molar-refractivity contribution in [2.24, 2.45) is 4.99 Å². The molecule has 5 rings (SSSR count). The van der Waals surface area contributed by atoms with Gasteiger partial charge in [-0.05, 0) is 62.7 Å². The van der Waals surface area contributed by atoms with Crippen molar-refractivity contribution in [1.29, 1.82) is 0 Å². The summed E-state index contributed by atoms with van der Waals surface area (Å²) in [6.07, 6.45) is 1.66. The van der Waals surface area contributed by atoms with Crippen LogP contribution in [0.2, 0.25) is 0 Å². The molecule has 10 heteroatoms. The predicted molar refractivity (Wildman–Crippen MR) is 153 cm³/mol. The van der Waals surface area contributed by atoms with E-state index >= 15 is 0 Å². The fourth-order valence-corrected chi connectivity index (χ4v) is 5.65. The second-order valence-corrected chi connectivity index (χ2v) is 10.1. The van der Waals surface area contributed by atoms with E-state index in [2.05, 4.69) is 4.99 Å². The van der Waals surface area contributed by atoms with Crippen molar-refractivity contribution >= 4 is 29.4 Å². The van der Waals surface area contributed by atoms with E-state index in [0.717, 1.165) is 11.1 Å². The number of allylic oxidation sites excluding steroid dienone is 1. The molecule has 3 heterocycles. The molecule has 0 fully saturated rings. The van der Waals surface area contributed by atoms with E-state index in [0.29, 0.717) is 50.0 Å². The van der Waals surface area contributed by atoms with Crippen molar-refractivity contribution in [3.8, 4) is 17.1 Å². The van der Waals surface area contributed by atoms with Crippen LogP contribution < -0.4 is 19.6 Å². The molecule has 4 aromatic rings. The maximum atomic E-state index is 13.8. The number of hydrogen-bond donors (Lipinski definition) is 0. The lowest BCUT2D eigenvalue weighted by atomic mass is 9.96. The fourth-order valence-electron chi connectivity index (χ4n) is 4.62. The summed E-state index contributed by atoms with van der Waals surface area (Å²) in [5.41, 5.74) is 2.43. The standard InChI is InChI=1S/C31H28N2O7S/c1-5-38-22-13-11-20(12-14-22)27-26(30(36)39-6-2)18(3)32-31-33(27)28(34)25(41-31)17-23-15-16-24(40-23)19-7-9-21(10-8-19)29(35)37-4/h7-17,27H,5-6H2,1-4H3/b25-17-/t27-/m1/s1. The molecule has 1 aliphatic rings. The van der Waals surface area contributed by atoms with Gasteiger partial charge >= 0.3 is 11.9 Å². The van der Waals surface area contributed by atoms with Gasteiger partial charge in [-0.25, -0.2) is 14.6 Å². The molecule has 9 nitrogen and oxygen atoms in total. The number of esters is 2. The summed E-state index contributed by atoms with van der Waals surface area (Å²) in [4.78, 5) is 43.7. The second-order valence-electron chi connectivity index (χ2n) is 9.08. The number of methoxy groups -OCH3 is 1. The van der Waals surface area contributed by atoms with Crippen LogP contribution in [0.15, 0.2) is 86.1 Å². The normalized spacial score (nSPS) is 14.8. The van der Waals surface area contributed by atoms with Crippen LogP contribution in [-0.2, 0) is 14.3 Å². The van der Waals surface area contributed by atoms with Crippen LogP contribution in [0.4, 0.5) is 0 Å². The zero-order chi connectivity index (χ0) is 29.1. The largest absolute Gasteiger partial charge is 0.494 e. The minimum absolute atomic E-state index is 0.197. The molecule has 41 heavy (non-hydrogen) atoms. The highest BCUT2D eigenvalue weighted by molar-refractivity contribution is 7.07. The van der Waals surface area contributed by atoms with Crippen LogP contribution in [0.1, 0.15) is 48.5 Å². The van der Waals surface area contributed by atoms with E-state index < -0.39 is 18.0 Å². The van der Waals surface area contributed by atoms with Gasteiger partial charge < -0.3 is 18.6 Å². The Bertz CT molecular complexity index is 1810. The summed E-state index contributed by atoms with van der Waals surface area (Å²) in [6.45, 7) is 6.10. The Morgan fingerprint density at radius 1 is 1.00 bits per heavy atom. The van der Waals surface area contributed by atoms with Crippen molar-refractivity contribution in [1.82, 2.24) is 4.57 Å². The van der Waals surface area contributed by atoms with Crippen molar-refractivity contribution in [2.45, 2.75) is 26.8 Å². The molecular weight excluding hydrogens is 544 g/mol. The number of benzene rings is 2. The van der Waals surface area contributed by atoms with Gasteiger partial charge in [0.2, 0.25) is 0 Å². The molecule has 0 N–H and O–H groups in total. The number of aromatic nitrogens is 1. The predicted octanol–water partition coefficient (Wildman–Crippen LogP) is 4.24. The van der Waals surface area contributed by atoms with Crippen molar-refractivity contribution < 1.29 is 28.2 Å². The zero-order valence-corrected chi connectivity index (χ0v) is 23.8. The van der Waals surface area contributed by atoms with Gasteiger partial charge in [0.1, 0.15) is 17.3 Å². The number of carbonyl (C=O) groups excluding carboxylic acids is 2. The number of hydrogen-bond acceptors (Lipinski definition) is 9. The lowest BCUT2D eigenvalue weighted by Gasteiger charge is -2.24. The Balaban J connectivity index is 1.56. The molecule has 1 atom stereocenters. The molecule has 0 radical (unpaired) electrons.